The molecule has 13 heteroatoms. The van der Waals surface area contributed by atoms with E-state index in [0.717, 1.165) is 12.1 Å². The molecule has 1 saturated heterocycles. The second-order valence-corrected chi connectivity index (χ2v) is 10.0. The number of imide groups is 1. The van der Waals surface area contributed by atoms with Gasteiger partial charge in [-0.25, -0.2) is 0 Å². The van der Waals surface area contributed by atoms with Gasteiger partial charge in [-0.1, -0.05) is 35.9 Å². The highest BCUT2D eigenvalue weighted by Crippen LogP contribution is 2.38. The van der Waals surface area contributed by atoms with Gasteiger partial charge in [0.25, 0.3) is 11.8 Å². The number of amides is 4. The topological polar surface area (TPSA) is 95.6 Å². The number of halogens is 3. The van der Waals surface area contributed by atoms with Gasteiger partial charge >= 0.3 is 5.92 Å². The van der Waals surface area contributed by atoms with E-state index < -0.39 is 40.5 Å². The van der Waals surface area contributed by atoms with Crippen molar-refractivity contribution < 1.29 is 28.0 Å². The van der Waals surface area contributed by atoms with E-state index in [1.54, 1.807) is 41.7 Å². The number of fused-ring (bicyclic) bond motifs is 1. The molecule has 0 radical (unpaired) electrons. The van der Waals surface area contributed by atoms with E-state index in [-0.39, 0.29) is 29.8 Å². The molecule has 0 bridgehead atoms. The second kappa shape index (κ2) is 8.82. The molecule has 7 nitrogen and oxygen atoms in total. The summed E-state index contributed by atoms with van der Waals surface area (Å²) in [6.45, 7) is 0.124. The fraction of sp³-hybridized carbons (Fsp3) is 0.273. The van der Waals surface area contributed by atoms with Gasteiger partial charge in [-0.15, -0.1) is 0 Å². The van der Waals surface area contributed by atoms with Gasteiger partial charge in [0.15, 0.2) is 0 Å². The number of nitrogens with zero attached hydrogens (tertiary/aromatic N) is 1. The van der Waals surface area contributed by atoms with Crippen LogP contribution in [0.3, 0.4) is 0 Å². The molecule has 2 atom stereocenters. The Morgan fingerprint density at radius 1 is 1.17 bits per heavy atom. The minimum absolute atomic E-state index is 0.0969. The summed E-state index contributed by atoms with van der Waals surface area (Å²) in [4.78, 5) is 51.3. The maximum absolute atomic E-state index is 14.7. The van der Waals surface area contributed by atoms with Crippen molar-refractivity contribution >= 4 is 58.8 Å². The number of carbonyl (C=O) groups excluding carboxylic acids is 4. The highest BCUT2D eigenvalue weighted by atomic mass is 35.5. The lowest BCUT2D eigenvalue weighted by Gasteiger charge is -2.41. The van der Waals surface area contributed by atoms with E-state index in [4.69, 9.17) is 11.6 Å². The first-order valence-electron chi connectivity index (χ1n) is 11.0. The normalized spacial score (nSPS) is 20.3. The summed E-state index contributed by atoms with van der Waals surface area (Å²) in [5, 5.41) is 4.15. The van der Waals surface area contributed by atoms with E-state index in [0.29, 0.717) is 16.7 Å². The monoisotopic (exact) mass is 497 g/mol. The summed E-state index contributed by atoms with van der Waals surface area (Å²) >= 11 is 5.74. The van der Waals surface area contributed by atoms with Crippen molar-refractivity contribution in [2.24, 2.45) is 0 Å². The molecule has 2 heterocycles. The summed E-state index contributed by atoms with van der Waals surface area (Å²) < 4.78 is 29.3. The van der Waals surface area contributed by atoms with Crippen molar-refractivity contribution in [3.8, 4) is 0 Å². The zero-order chi connectivity index (χ0) is 25.7. The molecule has 2 unspecified atom stereocenters. The standard InChI is InChI=1S/C22H21B3ClF2N3O4/c23-17(30-20(35)22(27,28)12-2-4-13(26)5-3-12)10-1-6-14-11(7-10)9-31(19(14)34)16-18(33)29-15(32)8-21(16,24)25/h1-7,16-17H,8-9,23-25H2,(H,30,35)(H,29,32,33). The lowest BCUT2D eigenvalue weighted by Crippen LogP contribution is -2.60. The summed E-state index contributed by atoms with van der Waals surface area (Å²) in [7, 11) is 5.08. The second-order valence-electron chi connectivity index (χ2n) is 9.61. The van der Waals surface area contributed by atoms with Crippen LogP contribution in [0.2, 0.25) is 10.2 Å². The Morgan fingerprint density at radius 2 is 1.83 bits per heavy atom. The quantitative estimate of drug-likeness (QED) is 0.436. The molecule has 0 saturated carbocycles. The number of hydrogen-bond acceptors (Lipinski definition) is 4. The van der Waals surface area contributed by atoms with Gasteiger partial charge in [0.1, 0.15) is 29.6 Å². The Bertz CT molecular complexity index is 1240. The van der Waals surface area contributed by atoms with Crippen LogP contribution in [-0.2, 0) is 26.9 Å². The summed E-state index contributed by atoms with van der Waals surface area (Å²) in [5.41, 5.74) is 1.05. The van der Waals surface area contributed by atoms with E-state index in [2.05, 4.69) is 10.6 Å². The molecule has 4 amide bonds. The van der Waals surface area contributed by atoms with Crippen LogP contribution >= 0.6 is 11.6 Å². The third-order valence-electron chi connectivity index (χ3n) is 6.48. The third-order valence-corrected chi connectivity index (χ3v) is 6.73. The summed E-state index contributed by atoms with van der Waals surface area (Å²) in [6, 6.07) is 8.74. The Kier molecular flexibility index (Phi) is 6.29. The largest absolute Gasteiger partial charge is 0.352 e. The minimum Gasteiger partial charge on any atom is -0.352 e. The Balaban J connectivity index is 1.52. The van der Waals surface area contributed by atoms with Gasteiger partial charge in [0.2, 0.25) is 11.8 Å². The predicted octanol–water partition coefficient (Wildman–Crippen LogP) is -0.367. The number of rotatable bonds is 5. The van der Waals surface area contributed by atoms with Crippen LogP contribution in [0.5, 0.6) is 0 Å². The Labute approximate surface area is 208 Å². The first-order valence-corrected chi connectivity index (χ1v) is 11.4. The summed E-state index contributed by atoms with van der Waals surface area (Å²) in [5.74, 6) is -7.27. The number of nitrogens with one attached hydrogen (secondary N) is 2. The number of piperidine rings is 1. The molecule has 35 heavy (non-hydrogen) atoms. The average molecular weight is 497 g/mol. The van der Waals surface area contributed by atoms with Crippen molar-refractivity contribution in [1.29, 1.82) is 0 Å². The van der Waals surface area contributed by atoms with Gasteiger partial charge in [-0.05, 0) is 34.5 Å². The van der Waals surface area contributed by atoms with Crippen LogP contribution in [0.4, 0.5) is 8.78 Å². The van der Waals surface area contributed by atoms with E-state index >= 15 is 0 Å². The first kappa shape index (κ1) is 25.0. The molecule has 1 fully saturated rings. The van der Waals surface area contributed by atoms with Crippen LogP contribution in [-0.4, -0.2) is 58.1 Å². The number of alkyl halides is 2. The van der Waals surface area contributed by atoms with E-state index in [9.17, 15) is 28.0 Å². The van der Waals surface area contributed by atoms with Crippen molar-refractivity contribution in [2.75, 3.05) is 0 Å². The number of benzene rings is 2. The highest BCUT2D eigenvalue weighted by Gasteiger charge is 2.48. The SMILES string of the molecule is BC(NC(=O)C(F)(F)c1ccc(Cl)cc1)c1ccc2c(c1)CN(C1C(=O)NC(=O)CC1(B)B)C2=O. The first-order chi connectivity index (χ1) is 16.3. The molecule has 2 aliphatic heterocycles. The molecular formula is C22H21B3ClF2N3O4. The maximum atomic E-state index is 14.7. The molecule has 0 aromatic heterocycles. The molecule has 178 valence electrons. The van der Waals surface area contributed by atoms with Crippen LogP contribution in [0.1, 0.15) is 39.4 Å². The molecule has 2 aromatic carbocycles. The predicted molar refractivity (Wildman–Crippen MR) is 132 cm³/mol. The van der Waals surface area contributed by atoms with E-state index in [1.165, 1.54) is 17.0 Å². The van der Waals surface area contributed by atoms with Crippen molar-refractivity contribution in [3.63, 3.8) is 0 Å². The van der Waals surface area contributed by atoms with Crippen LogP contribution in [0, 0.1) is 0 Å². The zero-order valence-corrected chi connectivity index (χ0v) is 20.1. The van der Waals surface area contributed by atoms with Gasteiger partial charge in [-0.3, -0.25) is 24.5 Å². The van der Waals surface area contributed by atoms with Gasteiger partial charge in [0, 0.05) is 35.1 Å². The molecule has 0 aliphatic carbocycles. The van der Waals surface area contributed by atoms with Gasteiger partial charge in [0.05, 0.1) is 0 Å². The Hall–Kier alpha value is -3.14. The van der Waals surface area contributed by atoms with Crippen molar-refractivity contribution in [2.45, 2.75) is 36.1 Å². The molecule has 0 spiro atoms. The molecule has 4 rings (SSSR count). The van der Waals surface area contributed by atoms with Crippen molar-refractivity contribution in [3.05, 3.63) is 69.7 Å². The van der Waals surface area contributed by atoms with E-state index in [1.807, 2.05) is 0 Å². The fourth-order valence-electron chi connectivity index (χ4n) is 4.68. The minimum atomic E-state index is -3.76. The molecule has 2 N–H and O–H groups in total. The number of carbonyl (C=O) groups is 4. The zero-order valence-electron chi connectivity index (χ0n) is 19.3. The molecular weight excluding hydrogens is 476 g/mol. The highest BCUT2D eigenvalue weighted by molar-refractivity contribution is 6.44. The van der Waals surface area contributed by atoms with Crippen LogP contribution < -0.4 is 10.6 Å². The lowest BCUT2D eigenvalue weighted by atomic mass is 9.47. The molecule has 2 aliphatic rings. The van der Waals surface area contributed by atoms with Crippen LogP contribution in [0.15, 0.2) is 42.5 Å². The lowest BCUT2D eigenvalue weighted by molar-refractivity contribution is -0.147. The smallest absolute Gasteiger partial charge is 0.349 e. The molecule has 2 aromatic rings. The van der Waals surface area contributed by atoms with Crippen LogP contribution in [0.25, 0.3) is 0 Å². The maximum Gasteiger partial charge on any atom is 0.349 e. The summed E-state index contributed by atoms with van der Waals surface area (Å²) in [6.07, 6.45) is 0.0969. The fourth-order valence-corrected chi connectivity index (χ4v) is 4.81. The number of hydrogen-bond donors (Lipinski definition) is 2. The average Bonchev–Trinajstić information content (AvgIpc) is 3.07. The van der Waals surface area contributed by atoms with Gasteiger partial charge < -0.3 is 10.2 Å². The third kappa shape index (κ3) is 4.59. The Morgan fingerprint density at radius 3 is 2.46 bits per heavy atom. The van der Waals surface area contributed by atoms with Gasteiger partial charge in [-0.2, -0.15) is 8.78 Å². The van der Waals surface area contributed by atoms with Crippen molar-refractivity contribution in [1.82, 2.24) is 15.5 Å².